The third-order valence-corrected chi connectivity index (χ3v) is 6.12. The van der Waals surface area contributed by atoms with E-state index in [1.807, 2.05) is 35.2 Å². The summed E-state index contributed by atoms with van der Waals surface area (Å²) in [5, 5.41) is 3.06. The van der Waals surface area contributed by atoms with E-state index in [1.54, 1.807) is 0 Å². The van der Waals surface area contributed by atoms with Crippen molar-refractivity contribution in [2.75, 3.05) is 57.8 Å². The van der Waals surface area contributed by atoms with E-state index in [0.717, 1.165) is 64.1 Å². The summed E-state index contributed by atoms with van der Waals surface area (Å²) in [6.07, 6.45) is 1.24. The second kappa shape index (κ2) is 7.78. The summed E-state index contributed by atoms with van der Waals surface area (Å²) in [6.45, 7) is 11.9. The van der Waals surface area contributed by atoms with Gasteiger partial charge in [-0.05, 0) is 31.0 Å². The molecular formula is C21H32N4O2. The minimum absolute atomic E-state index is 0.00595. The zero-order chi connectivity index (χ0) is 18.9. The quantitative estimate of drug-likeness (QED) is 0.881. The second-order valence-electron chi connectivity index (χ2n) is 8.72. The molecule has 0 saturated carbocycles. The Labute approximate surface area is 162 Å². The number of nitrogens with zero attached hydrogens (tertiary/aromatic N) is 3. The number of amides is 2. The molecule has 1 aromatic rings. The number of piperazine rings is 1. The van der Waals surface area contributed by atoms with Crippen molar-refractivity contribution in [3.05, 3.63) is 30.3 Å². The molecule has 1 spiro atoms. The van der Waals surface area contributed by atoms with Crippen molar-refractivity contribution in [3.63, 3.8) is 0 Å². The molecule has 27 heavy (non-hydrogen) atoms. The van der Waals surface area contributed by atoms with E-state index in [2.05, 4.69) is 29.0 Å². The zero-order valence-corrected chi connectivity index (χ0v) is 16.6. The van der Waals surface area contributed by atoms with Gasteiger partial charge in [0.2, 0.25) is 0 Å². The van der Waals surface area contributed by atoms with Crippen LogP contribution in [-0.4, -0.2) is 84.8 Å². The Kier molecular flexibility index (Phi) is 5.39. The summed E-state index contributed by atoms with van der Waals surface area (Å²) in [4.78, 5) is 20.1. The molecule has 3 heterocycles. The maximum atomic E-state index is 12.9. The lowest BCUT2D eigenvalue weighted by Gasteiger charge is -2.63. The molecular weight excluding hydrogens is 340 g/mol. The minimum atomic E-state index is 0.00595. The van der Waals surface area contributed by atoms with Gasteiger partial charge in [0.25, 0.3) is 0 Å². The Bertz CT molecular complexity index is 645. The maximum Gasteiger partial charge on any atom is 0.321 e. The van der Waals surface area contributed by atoms with Gasteiger partial charge in [0, 0.05) is 38.4 Å². The number of rotatable bonds is 4. The van der Waals surface area contributed by atoms with E-state index >= 15 is 0 Å². The van der Waals surface area contributed by atoms with E-state index < -0.39 is 0 Å². The van der Waals surface area contributed by atoms with Crippen LogP contribution in [0.5, 0.6) is 0 Å². The standard InChI is InChI=1S/C21H32N4O2/c1-17(2)8-9-23-14-21(15-23)16-24(12-19-13-27-11-10-25(19)21)20(26)22-18-6-4-3-5-7-18/h3-7,17,19H,8-16H2,1-2H3,(H,22,26). The molecule has 0 radical (unpaired) electrons. The Morgan fingerprint density at radius 3 is 2.78 bits per heavy atom. The fourth-order valence-corrected chi connectivity index (χ4v) is 4.74. The molecule has 3 aliphatic rings. The molecule has 6 nitrogen and oxygen atoms in total. The fourth-order valence-electron chi connectivity index (χ4n) is 4.74. The lowest BCUT2D eigenvalue weighted by atomic mass is 9.82. The Morgan fingerprint density at radius 2 is 2.04 bits per heavy atom. The molecule has 0 bridgehead atoms. The number of anilines is 1. The van der Waals surface area contributed by atoms with E-state index in [1.165, 1.54) is 6.42 Å². The van der Waals surface area contributed by atoms with Crippen molar-refractivity contribution in [2.45, 2.75) is 31.8 Å². The number of carbonyl (C=O) groups is 1. The molecule has 1 aromatic carbocycles. The van der Waals surface area contributed by atoms with Gasteiger partial charge in [0.05, 0.1) is 24.8 Å². The number of hydrogen-bond acceptors (Lipinski definition) is 4. The van der Waals surface area contributed by atoms with Crippen LogP contribution in [0.3, 0.4) is 0 Å². The van der Waals surface area contributed by atoms with Crippen molar-refractivity contribution in [3.8, 4) is 0 Å². The molecule has 1 atom stereocenters. The molecule has 1 N–H and O–H groups in total. The molecule has 0 aliphatic carbocycles. The zero-order valence-electron chi connectivity index (χ0n) is 16.6. The van der Waals surface area contributed by atoms with Crippen LogP contribution in [0.25, 0.3) is 0 Å². The molecule has 3 aliphatic heterocycles. The summed E-state index contributed by atoms with van der Waals surface area (Å²) in [5.74, 6) is 0.734. The fraction of sp³-hybridized carbons (Fsp3) is 0.667. The summed E-state index contributed by atoms with van der Waals surface area (Å²) >= 11 is 0. The van der Waals surface area contributed by atoms with Crippen LogP contribution in [0.4, 0.5) is 10.5 Å². The number of likely N-dealkylation sites (tertiary alicyclic amines) is 1. The first kappa shape index (κ1) is 18.7. The average molecular weight is 373 g/mol. The third kappa shape index (κ3) is 3.98. The summed E-state index contributed by atoms with van der Waals surface area (Å²) in [6, 6.07) is 10.0. The average Bonchev–Trinajstić information content (AvgIpc) is 2.64. The van der Waals surface area contributed by atoms with Gasteiger partial charge in [-0.2, -0.15) is 0 Å². The van der Waals surface area contributed by atoms with Gasteiger partial charge in [0.1, 0.15) is 0 Å². The minimum Gasteiger partial charge on any atom is -0.378 e. The molecule has 4 rings (SSSR count). The molecule has 3 saturated heterocycles. The summed E-state index contributed by atoms with van der Waals surface area (Å²) in [7, 11) is 0. The van der Waals surface area contributed by atoms with Crippen LogP contribution >= 0.6 is 0 Å². The Balaban J connectivity index is 1.43. The van der Waals surface area contributed by atoms with Crippen LogP contribution in [0, 0.1) is 5.92 Å². The van der Waals surface area contributed by atoms with Gasteiger partial charge >= 0.3 is 6.03 Å². The molecule has 2 amide bonds. The first-order valence-corrected chi connectivity index (χ1v) is 10.2. The van der Waals surface area contributed by atoms with Gasteiger partial charge in [-0.15, -0.1) is 0 Å². The summed E-state index contributed by atoms with van der Waals surface area (Å²) < 4.78 is 5.74. The largest absolute Gasteiger partial charge is 0.378 e. The number of fused-ring (bicyclic) bond motifs is 2. The molecule has 148 valence electrons. The van der Waals surface area contributed by atoms with Gasteiger partial charge in [-0.25, -0.2) is 4.79 Å². The van der Waals surface area contributed by atoms with Crippen LogP contribution in [0.1, 0.15) is 20.3 Å². The number of ether oxygens (including phenoxy) is 1. The highest BCUT2D eigenvalue weighted by Crippen LogP contribution is 2.36. The number of urea groups is 1. The highest BCUT2D eigenvalue weighted by atomic mass is 16.5. The van der Waals surface area contributed by atoms with Gasteiger partial charge in [-0.3, -0.25) is 9.80 Å². The van der Waals surface area contributed by atoms with Crippen LogP contribution < -0.4 is 5.32 Å². The monoisotopic (exact) mass is 372 g/mol. The van der Waals surface area contributed by atoms with Crippen LogP contribution in [0.15, 0.2) is 30.3 Å². The third-order valence-electron chi connectivity index (χ3n) is 6.12. The van der Waals surface area contributed by atoms with E-state index in [-0.39, 0.29) is 11.6 Å². The topological polar surface area (TPSA) is 48.1 Å². The SMILES string of the molecule is CC(C)CCN1CC2(C1)CN(C(=O)Nc1ccccc1)CC1COCCN12. The second-order valence-corrected chi connectivity index (χ2v) is 8.72. The molecule has 6 heteroatoms. The number of nitrogens with one attached hydrogen (secondary N) is 1. The smallest absolute Gasteiger partial charge is 0.321 e. The Morgan fingerprint density at radius 1 is 1.26 bits per heavy atom. The van der Waals surface area contributed by atoms with E-state index in [0.29, 0.717) is 6.04 Å². The maximum absolute atomic E-state index is 12.9. The highest BCUT2D eigenvalue weighted by Gasteiger charge is 2.54. The molecule has 3 fully saturated rings. The van der Waals surface area contributed by atoms with Crippen LogP contribution in [0.2, 0.25) is 0 Å². The number of carbonyl (C=O) groups excluding carboxylic acids is 1. The molecule has 0 aromatic heterocycles. The predicted molar refractivity (Wildman–Crippen MR) is 107 cm³/mol. The number of hydrogen-bond donors (Lipinski definition) is 1. The van der Waals surface area contributed by atoms with E-state index in [9.17, 15) is 4.79 Å². The Hall–Kier alpha value is -1.63. The van der Waals surface area contributed by atoms with Crippen molar-refractivity contribution in [1.82, 2.24) is 14.7 Å². The number of para-hydroxylation sites is 1. The van der Waals surface area contributed by atoms with Crippen LogP contribution in [-0.2, 0) is 4.74 Å². The number of morpholine rings is 1. The lowest BCUT2D eigenvalue weighted by molar-refractivity contribution is -0.157. The van der Waals surface area contributed by atoms with Gasteiger partial charge in [-0.1, -0.05) is 32.0 Å². The normalized spacial score (nSPS) is 25.3. The predicted octanol–water partition coefficient (Wildman–Crippen LogP) is 2.34. The van der Waals surface area contributed by atoms with E-state index in [4.69, 9.17) is 4.74 Å². The van der Waals surface area contributed by atoms with Crippen molar-refractivity contribution in [2.24, 2.45) is 5.92 Å². The van der Waals surface area contributed by atoms with Crippen molar-refractivity contribution in [1.29, 1.82) is 0 Å². The van der Waals surface area contributed by atoms with Gasteiger partial charge in [0.15, 0.2) is 0 Å². The van der Waals surface area contributed by atoms with Crippen molar-refractivity contribution >= 4 is 11.7 Å². The van der Waals surface area contributed by atoms with Crippen molar-refractivity contribution < 1.29 is 9.53 Å². The first-order chi connectivity index (χ1) is 13.1. The lowest BCUT2D eigenvalue weighted by Crippen LogP contribution is -2.81. The number of benzene rings is 1. The molecule has 1 unspecified atom stereocenters. The first-order valence-electron chi connectivity index (χ1n) is 10.2. The highest BCUT2D eigenvalue weighted by molar-refractivity contribution is 5.89. The summed E-state index contributed by atoms with van der Waals surface area (Å²) in [5.41, 5.74) is 0.948. The van der Waals surface area contributed by atoms with Gasteiger partial charge < -0.3 is 15.0 Å².